The van der Waals surface area contributed by atoms with Crippen molar-refractivity contribution < 1.29 is 18.0 Å². The molecule has 1 atom stereocenters. The molecule has 3 nitrogen and oxygen atoms in total. The Labute approximate surface area is 111 Å². The van der Waals surface area contributed by atoms with Gasteiger partial charge in [-0.1, -0.05) is 12.2 Å². The fourth-order valence-electron chi connectivity index (χ4n) is 2.66. The highest BCUT2D eigenvalue weighted by atomic mass is 19.4. The monoisotopic (exact) mass is 276 g/mol. The molecule has 2 aliphatic rings. The summed E-state index contributed by atoms with van der Waals surface area (Å²) in [6.07, 6.45) is 2.49. The lowest BCUT2D eigenvalue weighted by atomic mass is 9.93. The van der Waals surface area contributed by atoms with Crippen LogP contribution >= 0.6 is 0 Å². The van der Waals surface area contributed by atoms with Gasteiger partial charge in [0.1, 0.15) is 0 Å². The Morgan fingerprint density at radius 3 is 2.37 bits per heavy atom. The number of carbonyl (C=O) groups excluding carboxylic acids is 1. The molecule has 1 amide bonds. The number of amides is 1. The Morgan fingerprint density at radius 2 is 1.84 bits per heavy atom. The van der Waals surface area contributed by atoms with Crippen LogP contribution in [-0.4, -0.2) is 54.6 Å². The summed E-state index contributed by atoms with van der Waals surface area (Å²) in [5.41, 5.74) is 0. The zero-order valence-electron chi connectivity index (χ0n) is 10.8. The first-order valence-corrected chi connectivity index (χ1v) is 6.68. The van der Waals surface area contributed by atoms with Crippen LogP contribution < -0.4 is 0 Å². The molecular weight excluding hydrogens is 257 g/mol. The van der Waals surface area contributed by atoms with Gasteiger partial charge in [-0.2, -0.15) is 13.2 Å². The summed E-state index contributed by atoms with van der Waals surface area (Å²) in [5, 5.41) is 0. The van der Waals surface area contributed by atoms with Crippen molar-refractivity contribution in [1.82, 2.24) is 9.80 Å². The van der Waals surface area contributed by atoms with Crippen LogP contribution in [0.5, 0.6) is 0 Å². The van der Waals surface area contributed by atoms with E-state index >= 15 is 0 Å². The predicted molar refractivity (Wildman–Crippen MR) is 65.6 cm³/mol. The standard InChI is InChI=1S/C13H19F3N2O/c14-13(15,16)10-17-6-8-18(9-7-17)12(19)11-4-2-1-3-5-11/h1-2,11H,3-10H2. The van der Waals surface area contributed by atoms with Gasteiger partial charge in [-0.05, 0) is 19.3 Å². The Kier molecular flexibility index (Phi) is 4.50. The van der Waals surface area contributed by atoms with Gasteiger partial charge in [-0.25, -0.2) is 0 Å². The lowest BCUT2D eigenvalue weighted by Gasteiger charge is -2.36. The van der Waals surface area contributed by atoms with Gasteiger partial charge in [0, 0.05) is 32.1 Å². The Hall–Kier alpha value is -1.04. The second-order valence-corrected chi connectivity index (χ2v) is 5.20. The average Bonchev–Trinajstić information content (AvgIpc) is 2.38. The van der Waals surface area contributed by atoms with Gasteiger partial charge in [0.05, 0.1) is 6.54 Å². The largest absolute Gasteiger partial charge is 0.401 e. The third kappa shape index (κ3) is 4.23. The third-order valence-electron chi connectivity index (χ3n) is 3.71. The Balaban J connectivity index is 1.79. The number of alkyl halides is 3. The molecule has 6 heteroatoms. The zero-order chi connectivity index (χ0) is 13.9. The number of hydrogen-bond donors (Lipinski definition) is 0. The van der Waals surface area contributed by atoms with Gasteiger partial charge in [0.15, 0.2) is 0 Å². The number of piperazine rings is 1. The number of hydrogen-bond acceptors (Lipinski definition) is 2. The normalized spacial score (nSPS) is 25.6. The van der Waals surface area contributed by atoms with Crippen LogP contribution in [0.4, 0.5) is 13.2 Å². The topological polar surface area (TPSA) is 23.6 Å². The summed E-state index contributed by atoms with van der Waals surface area (Å²) in [6, 6.07) is 0. The Morgan fingerprint density at radius 1 is 1.16 bits per heavy atom. The predicted octanol–water partition coefficient (Wildman–Crippen LogP) is 2.05. The second kappa shape index (κ2) is 5.94. The molecule has 1 aliphatic heterocycles. The molecule has 0 spiro atoms. The minimum atomic E-state index is -4.15. The fraction of sp³-hybridized carbons (Fsp3) is 0.769. The molecule has 0 bridgehead atoms. The first kappa shape index (κ1) is 14.4. The maximum Gasteiger partial charge on any atom is 0.401 e. The summed E-state index contributed by atoms with van der Waals surface area (Å²) < 4.78 is 36.8. The highest BCUT2D eigenvalue weighted by molar-refractivity contribution is 5.79. The molecule has 0 aromatic carbocycles. The van der Waals surface area contributed by atoms with Crippen molar-refractivity contribution in [3.63, 3.8) is 0 Å². The minimum Gasteiger partial charge on any atom is -0.340 e. The summed E-state index contributed by atoms with van der Waals surface area (Å²) >= 11 is 0. The molecule has 0 aromatic rings. The molecule has 0 saturated carbocycles. The number of allylic oxidation sites excluding steroid dienone is 2. The smallest absolute Gasteiger partial charge is 0.340 e. The lowest BCUT2D eigenvalue weighted by Crippen LogP contribution is -2.52. The van der Waals surface area contributed by atoms with Gasteiger partial charge in [0.2, 0.25) is 5.91 Å². The van der Waals surface area contributed by atoms with E-state index in [1.54, 1.807) is 4.90 Å². The summed E-state index contributed by atoms with van der Waals surface area (Å²) in [4.78, 5) is 15.3. The van der Waals surface area contributed by atoms with Crippen molar-refractivity contribution in [2.75, 3.05) is 32.7 Å². The molecule has 0 aromatic heterocycles. The molecule has 1 fully saturated rings. The molecule has 1 unspecified atom stereocenters. The minimum absolute atomic E-state index is 0.0270. The summed E-state index contributed by atoms with van der Waals surface area (Å²) in [5.74, 6) is 0.134. The van der Waals surface area contributed by atoms with E-state index in [1.165, 1.54) is 4.90 Å². The van der Waals surface area contributed by atoms with E-state index in [-0.39, 0.29) is 11.8 Å². The molecule has 19 heavy (non-hydrogen) atoms. The van der Waals surface area contributed by atoms with Crippen molar-refractivity contribution in [2.24, 2.45) is 5.92 Å². The fourth-order valence-corrected chi connectivity index (χ4v) is 2.66. The van der Waals surface area contributed by atoms with E-state index in [1.807, 2.05) is 6.08 Å². The first-order chi connectivity index (χ1) is 8.96. The quantitative estimate of drug-likeness (QED) is 0.721. The average molecular weight is 276 g/mol. The molecule has 1 saturated heterocycles. The summed E-state index contributed by atoms with van der Waals surface area (Å²) in [6.45, 7) is 0.576. The highest BCUT2D eigenvalue weighted by Gasteiger charge is 2.33. The van der Waals surface area contributed by atoms with Crippen molar-refractivity contribution >= 4 is 5.91 Å². The highest BCUT2D eigenvalue weighted by Crippen LogP contribution is 2.22. The molecule has 2 rings (SSSR count). The number of carbonyl (C=O) groups is 1. The maximum absolute atomic E-state index is 12.3. The molecular formula is C13H19F3N2O. The van der Waals surface area contributed by atoms with Crippen molar-refractivity contribution in [2.45, 2.75) is 25.4 Å². The Bertz CT molecular complexity index is 346. The van der Waals surface area contributed by atoms with E-state index in [0.29, 0.717) is 26.2 Å². The van der Waals surface area contributed by atoms with Crippen LogP contribution in [0.2, 0.25) is 0 Å². The van der Waals surface area contributed by atoms with E-state index in [9.17, 15) is 18.0 Å². The first-order valence-electron chi connectivity index (χ1n) is 6.68. The molecule has 0 radical (unpaired) electrons. The van der Waals surface area contributed by atoms with Gasteiger partial charge in [-0.3, -0.25) is 9.69 Å². The van der Waals surface area contributed by atoms with Crippen LogP contribution in [0.25, 0.3) is 0 Å². The van der Waals surface area contributed by atoms with Gasteiger partial charge in [0.25, 0.3) is 0 Å². The zero-order valence-corrected chi connectivity index (χ0v) is 10.8. The third-order valence-corrected chi connectivity index (χ3v) is 3.71. The van der Waals surface area contributed by atoms with E-state index in [0.717, 1.165) is 19.3 Å². The maximum atomic E-state index is 12.3. The van der Waals surface area contributed by atoms with Crippen molar-refractivity contribution in [1.29, 1.82) is 0 Å². The van der Waals surface area contributed by atoms with E-state index in [2.05, 4.69) is 6.08 Å². The van der Waals surface area contributed by atoms with Gasteiger partial charge >= 0.3 is 6.18 Å². The van der Waals surface area contributed by atoms with Crippen molar-refractivity contribution in [3.05, 3.63) is 12.2 Å². The molecule has 0 N–H and O–H groups in total. The number of rotatable bonds is 2. The van der Waals surface area contributed by atoms with Crippen LogP contribution in [0.15, 0.2) is 12.2 Å². The van der Waals surface area contributed by atoms with E-state index in [4.69, 9.17) is 0 Å². The number of nitrogens with zero attached hydrogens (tertiary/aromatic N) is 2. The van der Waals surface area contributed by atoms with Crippen molar-refractivity contribution in [3.8, 4) is 0 Å². The van der Waals surface area contributed by atoms with Gasteiger partial charge < -0.3 is 4.90 Å². The van der Waals surface area contributed by atoms with Crippen LogP contribution in [0.1, 0.15) is 19.3 Å². The van der Waals surface area contributed by atoms with Crippen LogP contribution in [0, 0.1) is 5.92 Å². The summed E-state index contributed by atoms with van der Waals surface area (Å²) in [7, 11) is 0. The van der Waals surface area contributed by atoms with Gasteiger partial charge in [-0.15, -0.1) is 0 Å². The lowest BCUT2D eigenvalue weighted by molar-refractivity contribution is -0.152. The molecule has 108 valence electrons. The van der Waals surface area contributed by atoms with Crippen LogP contribution in [-0.2, 0) is 4.79 Å². The molecule has 1 heterocycles. The molecule has 1 aliphatic carbocycles. The second-order valence-electron chi connectivity index (χ2n) is 5.20. The SMILES string of the molecule is O=C(C1CC=CCC1)N1CCN(CC(F)(F)F)CC1. The van der Waals surface area contributed by atoms with E-state index < -0.39 is 12.7 Å². The number of halogens is 3. The van der Waals surface area contributed by atoms with Crippen LogP contribution in [0.3, 0.4) is 0 Å².